The minimum Gasteiger partial charge on any atom is -0.497 e. The molecule has 0 aliphatic rings. The van der Waals surface area contributed by atoms with E-state index in [-0.39, 0.29) is 17.7 Å². The summed E-state index contributed by atoms with van der Waals surface area (Å²) in [7, 11) is 1.63. The molecule has 0 fully saturated rings. The zero-order valence-electron chi connectivity index (χ0n) is 19.1. The molecule has 4 aromatic rings. The summed E-state index contributed by atoms with van der Waals surface area (Å²) in [5.41, 5.74) is 2.84. The Hall–Kier alpha value is -3.78. The first-order valence-corrected chi connectivity index (χ1v) is 11.8. The monoisotopic (exact) mass is 474 g/mol. The van der Waals surface area contributed by atoms with Gasteiger partial charge in [0.15, 0.2) is 11.0 Å². The third-order valence-corrected chi connectivity index (χ3v) is 6.31. The van der Waals surface area contributed by atoms with Crippen LogP contribution in [0.15, 0.2) is 89.2 Å². The van der Waals surface area contributed by atoms with Gasteiger partial charge in [0.25, 0.3) is 0 Å². The molecule has 8 heteroatoms. The van der Waals surface area contributed by atoms with Gasteiger partial charge in [-0.15, -0.1) is 16.8 Å². The lowest BCUT2D eigenvalue weighted by Crippen LogP contribution is -2.30. The molecule has 0 saturated carbocycles. The van der Waals surface area contributed by atoms with Gasteiger partial charge >= 0.3 is 0 Å². The van der Waals surface area contributed by atoms with Gasteiger partial charge in [-0.05, 0) is 36.2 Å². The van der Waals surface area contributed by atoms with Crippen molar-refractivity contribution in [3.63, 3.8) is 0 Å². The Labute approximate surface area is 202 Å². The number of allylic oxidation sites excluding steroid dienone is 1. The number of aryl methyl sites for hydroxylation is 1. The molecule has 2 heterocycles. The fourth-order valence-corrected chi connectivity index (χ4v) is 4.40. The summed E-state index contributed by atoms with van der Waals surface area (Å²) in [6.45, 7) is 6.24. The Morgan fingerprint density at radius 3 is 2.53 bits per heavy atom. The van der Waals surface area contributed by atoms with Crippen LogP contribution in [-0.2, 0) is 11.3 Å². The number of aromatic nitrogens is 3. The highest BCUT2D eigenvalue weighted by Crippen LogP contribution is 2.28. The molecule has 2 aromatic carbocycles. The fourth-order valence-electron chi connectivity index (χ4n) is 3.64. The van der Waals surface area contributed by atoms with E-state index in [1.165, 1.54) is 11.8 Å². The van der Waals surface area contributed by atoms with Crippen LogP contribution in [0, 0.1) is 6.92 Å². The van der Waals surface area contributed by atoms with Gasteiger partial charge in [0, 0.05) is 6.54 Å². The van der Waals surface area contributed by atoms with Crippen LogP contribution in [-0.4, -0.2) is 33.5 Å². The van der Waals surface area contributed by atoms with Gasteiger partial charge < -0.3 is 14.5 Å². The summed E-state index contributed by atoms with van der Waals surface area (Å²) in [6.07, 6.45) is 3.41. The standard InChI is InChI=1S/C26H26N4O3S/c1-4-15-30-25(22-14-16-33-18(22)2)28-29-26(30)34-17-23(31)27-24(19-8-6-5-7-9-19)20-10-12-21(32-3)13-11-20/h4-14,16,24H,1,15,17H2,2-3H3,(H,27,31)/t24-/m1/s1. The molecule has 1 amide bonds. The van der Waals surface area contributed by atoms with Crippen LogP contribution in [0.5, 0.6) is 5.75 Å². The Balaban J connectivity index is 1.51. The maximum Gasteiger partial charge on any atom is 0.231 e. The number of nitrogens with one attached hydrogen (secondary N) is 1. The number of methoxy groups -OCH3 is 1. The van der Waals surface area contributed by atoms with Gasteiger partial charge in [-0.2, -0.15) is 0 Å². The van der Waals surface area contributed by atoms with Crippen molar-refractivity contribution in [1.29, 1.82) is 0 Å². The molecular weight excluding hydrogens is 448 g/mol. The zero-order valence-corrected chi connectivity index (χ0v) is 19.9. The van der Waals surface area contributed by atoms with Gasteiger partial charge in [0.05, 0.1) is 30.7 Å². The topological polar surface area (TPSA) is 82.2 Å². The lowest BCUT2D eigenvalue weighted by atomic mass is 9.98. The zero-order chi connectivity index (χ0) is 23.9. The second-order valence-corrected chi connectivity index (χ2v) is 8.51. The number of furan rings is 1. The number of carbonyl (C=O) groups excluding carboxylic acids is 1. The van der Waals surface area contributed by atoms with Crippen LogP contribution in [0.2, 0.25) is 0 Å². The quantitative estimate of drug-likeness (QED) is 0.256. The van der Waals surface area contributed by atoms with Gasteiger partial charge in [-0.1, -0.05) is 60.3 Å². The SMILES string of the molecule is C=CCn1c(SCC(=O)N[C@H](c2ccccc2)c2ccc(OC)cc2)nnc1-c1ccoc1C. The van der Waals surface area contributed by atoms with Crippen molar-refractivity contribution in [3.8, 4) is 17.1 Å². The predicted molar refractivity (Wildman–Crippen MR) is 133 cm³/mol. The normalized spacial score (nSPS) is 11.7. The van der Waals surface area contributed by atoms with Crippen LogP contribution in [0.25, 0.3) is 11.4 Å². The predicted octanol–water partition coefficient (Wildman–Crippen LogP) is 5.04. The van der Waals surface area contributed by atoms with Crippen molar-refractivity contribution in [1.82, 2.24) is 20.1 Å². The van der Waals surface area contributed by atoms with E-state index in [1.54, 1.807) is 19.4 Å². The average Bonchev–Trinajstić information content (AvgIpc) is 3.47. The molecule has 0 aliphatic carbocycles. The molecule has 2 aromatic heterocycles. The summed E-state index contributed by atoms with van der Waals surface area (Å²) < 4.78 is 12.6. The number of amides is 1. The highest BCUT2D eigenvalue weighted by molar-refractivity contribution is 7.99. The highest BCUT2D eigenvalue weighted by Gasteiger charge is 2.20. The minimum atomic E-state index is -0.282. The number of ether oxygens (including phenoxy) is 1. The fraction of sp³-hybridized carbons (Fsp3) is 0.192. The second-order valence-electron chi connectivity index (χ2n) is 7.57. The average molecular weight is 475 g/mol. The van der Waals surface area contributed by atoms with Crippen molar-refractivity contribution in [2.24, 2.45) is 0 Å². The number of nitrogens with zero attached hydrogens (tertiary/aromatic N) is 3. The van der Waals surface area contributed by atoms with Crippen LogP contribution in [0.3, 0.4) is 0 Å². The number of hydrogen-bond donors (Lipinski definition) is 1. The first-order valence-electron chi connectivity index (χ1n) is 10.8. The maximum absolute atomic E-state index is 13.0. The highest BCUT2D eigenvalue weighted by atomic mass is 32.2. The number of hydrogen-bond acceptors (Lipinski definition) is 6. The molecule has 7 nitrogen and oxygen atoms in total. The van der Waals surface area contributed by atoms with Crippen LogP contribution < -0.4 is 10.1 Å². The summed E-state index contributed by atoms with van der Waals surface area (Å²) in [4.78, 5) is 13.0. The smallest absolute Gasteiger partial charge is 0.231 e. The van der Waals surface area contributed by atoms with E-state index in [1.807, 2.05) is 72.2 Å². The molecule has 4 rings (SSSR count). The van der Waals surface area contributed by atoms with Crippen LogP contribution in [0.1, 0.15) is 22.9 Å². The third-order valence-electron chi connectivity index (χ3n) is 5.35. The molecule has 0 aliphatic heterocycles. The van der Waals surface area contributed by atoms with E-state index < -0.39 is 0 Å². The van der Waals surface area contributed by atoms with Gasteiger partial charge in [-0.25, -0.2) is 0 Å². The Morgan fingerprint density at radius 2 is 1.88 bits per heavy atom. The van der Waals surface area contributed by atoms with E-state index in [0.717, 1.165) is 28.2 Å². The minimum absolute atomic E-state index is 0.108. The number of benzene rings is 2. The molecule has 0 unspecified atom stereocenters. The van der Waals surface area contributed by atoms with E-state index in [0.29, 0.717) is 17.5 Å². The molecule has 0 saturated heterocycles. The van der Waals surface area contributed by atoms with Gasteiger partial charge in [0.1, 0.15) is 11.5 Å². The molecule has 0 spiro atoms. The van der Waals surface area contributed by atoms with Crippen LogP contribution >= 0.6 is 11.8 Å². The number of rotatable bonds is 10. The summed E-state index contributed by atoms with van der Waals surface area (Å²) in [6, 6.07) is 19.2. The van der Waals surface area contributed by atoms with Crippen molar-refractivity contribution < 1.29 is 13.9 Å². The van der Waals surface area contributed by atoms with Crippen molar-refractivity contribution in [2.75, 3.05) is 12.9 Å². The van der Waals surface area contributed by atoms with E-state index in [2.05, 4.69) is 22.1 Å². The Morgan fingerprint density at radius 1 is 1.15 bits per heavy atom. The van der Waals surface area contributed by atoms with E-state index in [4.69, 9.17) is 9.15 Å². The van der Waals surface area contributed by atoms with Crippen molar-refractivity contribution in [3.05, 3.63) is 96.5 Å². The van der Waals surface area contributed by atoms with Crippen molar-refractivity contribution in [2.45, 2.75) is 24.7 Å². The molecule has 1 atom stereocenters. The number of carbonyl (C=O) groups is 1. The van der Waals surface area contributed by atoms with Crippen molar-refractivity contribution >= 4 is 17.7 Å². The second kappa shape index (κ2) is 10.9. The molecular formula is C26H26N4O3S. The summed E-state index contributed by atoms with van der Waals surface area (Å²) in [5, 5.41) is 12.4. The summed E-state index contributed by atoms with van der Waals surface area (Å²) in [5.74, 6) is 2.30. The Kier molecular flexibility index (Phi) is 7.49. The largest absolute Gasteiger partial charge is 0.497 e. The first kappa shape index (κ1) is 23.4. The maximum atomic E-state index is 13.0. The van der Waals surface area contributed by atoms with Gasteiger partial charge in [0.2, 0.25) is 5.91 Å². The van der Waals surface area contributed by atoms with E-state index in [9.17, 15) is 4.79 Å². The van der Waals surface area contributed by atoms with Crippen LogP contribution in [0.4, 0.5) is 0 Å². The van der Waals surface area contributed by atoms with E-state index >= 15 is 0 Å². The lowest BCUT2D eigenvalue weighted by molar-refractivity contribution is -0.119. The summed E-state index contributed by atoms with van der Waals surface area (Å²) >= 11 is 1.34. The third kappa shape index (κ3) is 5.23. The number of thioether (sulfide) groups is 1. The van der Waals surface area contributed by atoms with Gasteiger partial charge in [-0.3, -0.25) is 9.36 Å². The molecule has 0 radical (unpaired) electrons. The Bertz CT molecular complexity index is 1250. The molecule has 0 bridgehead atoms. The molecule has 1 N–H and O–H groups in total. The molecule has 34 heavy (non-hydrogen) atoms. The lowest BCUT2D eigenvalue weighted by Gasteiger charge is -2.20. The first-order chi connectivity index (χ1) is 16.6. The molecule has 174 valence electrons.